The van der Waals surface area contributed by atoms with Crippen LogP contribution >= 0.6 is 24.2 Å². The van der Waals surface area contributed by atoms with Crippen molar-refractivity contribution in [2.45, 2.75) is 51.5 Å². The molecule has 0 aliphatic rings. The van der Waals surface area contributed by atoms with Gasteiger partial charge >= 0.3 is 8.25 Å². The highest BCUT2D eigenvalue weighted by Crippen LogP contribution is 2.24. The third kappa shape index (κ3) is 9.92. The third-order valence-electron chi connectivity index (χ3n) is 4.73. The second-order valence-electron chi connectivity index (χ2n) is 7.04. The molecule has 4 nitrogen and oxygen atoms in total. The first-order chi connectivity index (χ1) is 14.1. The molecule has 0 saturated heterocycles. The molecule has 0 bridgehead atoms. The minimum absolute atomic E-state index is 0.200. The van der Waals surface area contributed by atoms with Crippen molar-refractivity contribution in [2.24, 2.45) is 0 Å². The first-order valence-electron chi connectivity index (χ1n) is 10.1. The number of halogens is 2. The van der Waals surface area contributed by atoms with Gasteiger partial charge in [-0.25, -0.2) is 4.39 Å². The Morgan fingerprint density at radius 1 is 1.00 bits per heavy atom. The molecule has 1 unspecified atom stereocenters. The summed E-state index contributed by atoms with van der Waals surface area (Å²) in [6, 6.07) is 14.0. The molecule has 2 aromatic carbocycles. The third-order valence-corrected chi connectivity index (χ3v) is 5.88. The van der Waals surface area contributed by atoms with Crippen molar-refractivity contribution in [1.82, 2.24) is 5.32 Å². The normalized spacial score (nSPS) is 11.6. The van der Waals surface area contributed by atoms with Crippen LogP contribution in [0.25, 0.3) is 0 Å². The summed E-state index contributed by atoms with van der Waals surface area (Å²) in [5.74, 6) is -0.200. The number of hydrogen-bond acceptors (Lipinski definition) is 3. The molecule has 2 N–H and O–H groups in total. The molecule has 0 fully saturated rings. The van der Waals surface area contributed by atoms with Crippen molar-refractivity contribution in [1.29, 1.82) is 0 Å². The fourth-order valence-corrected chi connectivity index (χ4v) is 4.04. The maximum Gasteiger partial charge on any atom is 0.694 e. The van der Waals surface area contributed by atoms with Gasteiger partial charge in [0, 0.05) is 21.1 Å². The van der Waals surface area contributed by atoms with E-state index in [2.05, 4.69) is 50.0 Å². The smallest absolute Gasteiger partial charge is 0.312 e. The quantitative estimate of drug-likeness (QED) is 0.252. The van der Waals surface area contributed by atoms with Gasteiger partial charge in [-0.3, -0.25) is 0 Å². The van der Waals surface area contributed by atoms with Crippen LogP contribution in [0.1, 0.15) is 48.8 Å². The number of hydrogen-bond donors (Lipinski definition) is 2. The molecule has 2 rings (SSSR count). The molecular formula is C22H29BrFNO3P+. The number of aryl methyl sites for hydroxylation is 2. The van der Waals surface area contributed by atoms with E-state index in [1.165, 1.54) is 18.4 Å². The van der Waals surface area contributed by atoms with E-state index in [0.717, 1.165) is 35.7 Å². The lowest BCUT2D eigenvalue weighted by molar-refractivity contribution is 0.276. The van der Waals surface area contributed by atoms with Gasteiger partial charge in [0.1, 0.15) is 12.4 Å². The van der Waals surface area contributed by atoms with E-state index in [1.807, 2.05) is 12.1 Å². The van der Waals surface area contributed by atoms with E-state index >= 15 is 0 Å². The molecule has 0 amide bonds. The zero-order valence-corrected chi connectivity index (χ0v) is 19.1. The van der Waals surface area contributed by atoms with Crippen LogP contribution in [-0.4, -0.2) is 18.0 Å². The van der Waals surface area contributed by atoms with Crippen LogP contribution in [0.15, 0.2) is 46.9 Å². The van der Waals surface area contributed by atoms with Gasteiger partial charge in [0.15, 0.2) is 0 Å². The van der Waals surface area contributed by atoms with Crippen LogP contribution in [0.3, 0.4) is 0 Å². The standard InChI is InChI=1S/C22H28BrFNO3P/c23-21-15-20(17-25-13-8-14-28-29(26)27)22(24)16-19(21)12-7-2-1-4-9-18-10-5-3-6-11-18/h3,5-6,10-11,15-16,25H,1-2,4,7-9,12-14,17H2/p+1. The Bertz CT molecular complexity index is 761. The molecular weight excluding hydrogens is 456 g/mol. The highest BCUT2D eigenvalue weighted by atomic mass is 79.9. The van der Waals surface area contributed by atoms with E-state index < -0.39 is 8.25 Å². The maximum atomic E-state index is 14.4. The molecule has 0 aliphatic carbocycles. The van der Waals surface area contributed by atoms with Gasteiger partial charge in [-0.2, -0.15) is 0 Å². The van der Waals surface area contributed by atoms with Crippen molar-refractivity contribution in [3.8, 4) is 0 Å². The summed E-state index contributed by atoms with van der Waals surface area (Å²) >= 11 is 3.57. The van der Waals surface area contributed by atoms with E-state index in [-0.39, 0.29) is 12.4 Å². The largest absolute Gasteiger partial charge is 0.694 e. The molecule has 0 saturated carbocycles. The minimum Gasteiger partial charge on any atom is -0.312 e. The molecule has 0 heterocycles. The summed E-state index contributed by atoms with van der Waals surface area (Å²) in [5.41, 5.74) is 3.00. The van der Waals surface area contributed by atoms with E-state index in [4.69, 9.17) is 4.89 Å². The summed E-state index contributed by atoms with van der Waals surface area (Å²) in [4.78, 5) is 8.54. The Kier molecular flexibility index (Phi) is 11.6. The Labute approximate surface area is 182 Å². The number of benzene rings is 2. The van der Waals surface area contributed by atoms with Crippen LogP contribution in [0.5, 0.6) is 0 Å². The van der Waals surface area contributed by atoms with Gasteiger partial charge in [0.25, 0.3) is 0 Å². The van der Waals surface area contributed by atoms with Crippen molar-refractivity contribution < 1.29 is 18.4 Å². The summed E-state index contributed by atoms with van der Waals surface area (Å²) in [5, 5.41) is 3.13. The van der Waals surface area contributed by atoms with E-state index in [0.29, 0.717) is 25.1 Å². The lowest BCUT2D eigenvalue weighted by Crippen LogP contribution is -2.17. The molecule has 7 heteroatoms. The highest BCUT2D eigenvalue weighted by molar-refractivity contribution is 9.10. The van der Waals surface area contributed by atoms with Crippen LogP contribution < -0.4 is 5.32 Å². The van der Waals surface area contributed by atoms with Gasteiger partial charge < -0.3 is 5.32 Å². The summed E-state index contributed by atoms with van der Waals surface area (Å²) < 4.78 is 30.3. The molecule has 0 radical (unpaired) electrons. The Balaban J connectivity index is 1.65. The Morgan fingerprint density at radius 3 is 2.45 bits per heavy atom. The zero-order chi connectivity index (χ0) is 20.9. The van der Waals surface area contributed by atoms with Crippen LogP contribution in [-0.2, 0) is 28.5 Å². The van der Waals surface area contributed by atoms with Gasteiger partial charge in [-0.05, 0) is 61.9 Å². The monoisotopic (exact) mass is 484 g/mol. The fraction of sp³-hybridized carbons (Fsp3) is 0.455. The number of rotatable bonds is 14. The minimum atomic E-state index is -2.54. The topological polar surface area (TPSA) is 58.6 Å². The van der Waals surface area contributed by atoms with Crippen LogP contribution in [0.4, 0.5) is 4.39 Å². The van der Waals surface area contributed by atoms with Crippen LogP contribution in [0.2, 0.25) is 0 Å². The highest BCUT2D eigenvalue weighted by Gasteiger charge is 2.11. The number of unbranched alkanes of at least 4 members (excludes halogenated alkanes) is 3. The van der Waals surface area contributed by atoms with Gasteiger partial charge in [0.2, 0.25) is 0 Å². The first kappa shape index (κ1) is 24.1. The van der Waals surface area contributed by atoms with Crippen molar-refractivity contribution in [2.75, 3.05) is 13.2 Å². The van der Waals surface area contributed by atoms with Crippen LogP contribution in [0, 0.1) is 5.82 Å². The number of nitrogens with one attached hydrogen (secondary N) is 1. The predicted molar refractivity (Wildman–Crippen MR) is 119 cm³/mol. The molecule has 1 atom stereocenters. The van der Waals surface area contributed by atoms with Crippen molar-refractivity contribution >= 4 is 24.2 Å². The molecule has 0 aromatic heterocycles. The molecule has 0 aliphatic heterocycles. The summed E-state index contributed by atoms with van der Waals surface area (Å²) in [6.07, 6.45) is 7.14. The van der Waals surface area contributed by atoms with Crippen molar-refractivity contribution in [3.63, 3.8) is 0 Å². The van der Waals surface area contributed by atoms with Crippen molar-refractivity contribution in [3.05, 3.63) is 69.4 Å². The lowest BCUT2D eigenvalue weighted by atomic mass is 10.0. The predicted octanol–water partition coefficient (Wildman–Crippen LogP) is 6.08. The fourth-order valence-electron chi connectivity index (χ4n) is 3.16. The van der Waals surface area contributed by atoms with Gasteiger partial charge in [0.05, 0.1) is 0 Å². The summed E-state index contributed by atoms with van der Waals surface area (Å²) in [6.45, 7) is 1.20. The Hall–Kier alpha value is -1.17. The molecule has 0 spiro atoms. The Morgan fingerprint density at radius 2 is 1.72 bits per heavy atom. The van der Waals surface area contributed by atoms with Gasteiger partial charge in [-0.1, -0.05) is 59.1 Å². The van der Waals surface area contributed by atoms with E-state index in [1.54, 1.807) is 6.07 Å². The SMILES string of the molecule is O=[P+](O)OCCCNCc1cc(Br)c(CCCCCCc2ccccc2)cc1F. The average Bonchev–Trinajstić information content (AvgIpc) is 2.70. The second kappa shape index (κ2) is 13.9. The molecule has 158 valence electrons. The van der Waals surface area contributed by atoms with Gasteiger partial charge in [-0.15, -0.1) is 9.42 Å². The zero-order valence-electron chi connectivity index (χ0n) is 16.6. The maximum absolute atomic E-state index is 14.4. The first-order valence-corrected chi connectivity index (χ1v) is 12.0. The lowest BCUT2D eigenvalue weighted by Gasteiger charge is -2.10. The van der Waals surface area contributed by atoms with E-state index in [9.17, 15) is 8.96 Å². The average molecular weight is 485 g/mol. The summed E-state index contributed by atoms with van der Waals surface area (Å²) in [7, 11) is -2.54. The molecule has 2 aromatic rings. The molecule has 29 heavy (non-hydrogen) atoms. The second-order valence-corrected chi connectivity index (χ2v) is 8.62.